The predicted molar refractivity (Wildman–Crippen MR) is 137 cm³/mol. The van der Waals surface area contributed by atoms with E-state index in [4.69, 9.17) is 0 Å². The van der Waals surface area contributed by atoms with Gasteiger partial charge in [-0.1, -0.05) is 6.07 Å². The smallest absolute Gasteiger partial charge is 0.280 e. The zero-order valence-corrected chi connectivity index (χ0v) is 20.9. The first-order chi connectivity index (χ1) is 16.5. The molecule has 0 fully saturated rings. The SMILES string of the molecule is Cc1cc(C)nc(NS(=O)(=O)c2ccc(N=Cc3c(C)[nH]n(-c4ccc(C)c(C)c4)c3=O)cc2)n1. The van der Waals surface area contributed by atoms with Crippen molar-refractivity contribution in [2.75, 3.05) is 4.72 Å². The number of benzene rings is 2. The van der Waals surface area contributed by atoms with Crippen molar-refractivity contribution in [2.24, 2.45) is 4.99 Å². The third-order valence-corrected chi connectivity index (χ3v) is 6.91. The number of aromatic nitrogens is 4. The molecule has 180 valence electrons. The van der Waals surface area contributed by atoms with E-state index in [1.807, 2.05) is 32.0 Å². The molecule has 0 amide bonds. The molecule has 0 aliphatic rings. The number of H-pyrrole nitrogens is 1. The monoisotopic (exact) mass is 490 g/mol. The van der Waals surface area contributed by atoms with Crippen LogP contribution in [0.15, 0.2) is 63.2 Å². The van der Waals surface area contributed by atoms with Crippen LogP contribution >= 0.6 is 0 Å². The summed E-state index contributed by atoms with van der Waals surface area (Å²) in [6.45, 7) is 9.35. The summed E-state index contributed by atoms with van der Waals surface area (Å²) in [4.78, 5) is 25.6. The molecule has 2 N–H and O–H groups in total. The van der Waals surface area contributed by atoms with Crippen LogP contribution in [0, 0.1) is 34.6 Å². The summed E-state index contributed by atoms with van der Waals surface area (Å²) in [5.41, 5.74) is 5.70. The normalized spacial score (nSPS) is 11.8. The molecule has 0 aliphatic heterocycles. The highest BCUT2D eigenvalue weighted by Crippen LogP contribution is 2.19. The Morgan fingerprint density at radius 2 is 1.57 bits per heavy atom. The Balaban J connectivity index is 1.55. The molecule has 4 rings (SSSR count). The first-order valence-electron chi connectivity index (χ1n) is 10.9. The van der Waals surface area contributed by atoms with Gasteiger partial charge in [-0.2, -0.15) is 0 Å². The van der Waals surface area contributed by atoms with Gasteiger partial charge in [-0.3, -0.25) is 14.9 Å². The first kappa shape index (κ1) is 24.1. The first-order valence-corrected chi connectivity index (χ1v) is 12.4. The average Bonchev–Trinajstić information content (AvgIpc) is 3.06. The molecule has 4 aromatic rings. The number of rotatable bonds is 6. The van der Waals surface area contributed by atoms with Crippen molar-refractivity contribution in [3.8, 4) is 5.69 Å². The van der Waals surface area contributed by atoms with Crippen molar-refractivity contribution in [1.82, 2.24) is 19.7 Å². The molecule has 0 unspecified atom stereocenters. The standard InChI is InChI=1S/C25H26N6O3S/c1-15-6-9-21(12-16(15)2)31-24(32)23(19(5)29-31)14-26-20-7-10-22(11-8-20)35(33,34)30-25-27-17(3)13-18(4)28-25/h6-14,29H,1-5H3,(H,27,28,30). The molecule has 0 radical (unpaired) electrons. The molecule has 10 heteroatoms. The molecule has 2 aromatic heterocycles. The maximum Gasteiger partial charge on any atom is 0.280 e. The van der Waals surface area contributed by atoms with Gasteiger partial charge in [0, 0.05) is 23.3 Å². The number of sulfonamides is 1. The van der Waals surface area contributed by atoms with Crippen molar-refractivity contribution in [2.45, 2.75) is 39.5 Å². The van der Waals surface area contributed by atoms with Crippen molar-refractivity contribution < 1.29 is 8.42 Å². The second-order valence-corrected chi connectivity index (χ2v) is 10.1. The Morgan fingerprint density at radius 1 is 0.914 bits per heavy atom. The van der Waals surface area contributed by atoms with Crippen molar-refractivity contribution in [1.29, 1.82) is 0 Å². The third kappa shape index (κ3) is 5.22. The van der Waals surface area contributed by atoms with E-state index in [0.29, 0.717) is 28.3 Å². The number of aliphatic imine (C=N–C) groups is 1. The van der Waals surface area contributed by atoms with E-state index >= 15 is 0 Å². The van der Waals surface area contributed by atoms with Crippen LogP contribution in [0.25, 0.3) is 5.69 Å². The van der Waals surface area contributed by atoms with Gasteiger partial charge < -0.3 is 0 Å². The van der Waals surface area contributed by atoms with Gasteiger partial charge in [0.1, 0.15) is 0 Å². The van der Waals surface area contributed by atoms with Crippen LogP contribution in [0.2, 0.25) is 0 Å². The number of aromatic amines is 1. The molecular weight excluding hydrogens is 464 g/mol. The number of nitrogens with one attached hydrogen (secondary N) is 2. The highest BCUT2D eigenvalue weighted by Gasteiger charge is 2.16. The number of anilines is 1. The largest absolute Gasteiger partial charge is 0.295 e. The quantitative estimate of drug-likeness (QED) is 0.395. The lowest BCUT2D eigenvalue weighted by Gasteiger charge is -2.08. The van der Waals surface area contributed by atoms with Crippen molar-refractivity contribution in [3.05, 3.63) is 92.7 Å². The predicted octanol–water partition coefficient (Wildman–Crippen LogP) is 4.05. The van der Waals surface area contributed by atoms with Gasteiger partial charge in [0.05, 0.1) is 21.8 Å². The van der Waals surface area contributed by atoms with Crippen LogP contribution in [0.4, 0.5) is 11.6 Å². The topological polar surface area (TPSA) is 122 Å². The highest BCUT2D eigenvalue weighted by atomic mass is 32.2. The van der Waals surface area contributed by atoms with Gasteiger partial charge >= 0.3 is 0 Å². The maximum atomic E-state index is 13.0. The summed E-state index contributed by atoms with van der Waals surface area (Å²) in [5, 5.41) is 3.09. The molecule has 0 saturated heterocycles. The Bertz CT molecular complexity index is 1580. The van der Waals surface area contributed by atoms with E-state index in [1.54, 1.807) is 39.0 Å². The maximum absolute atomic E-state index is 13.0. The molecule has 0 saturated carbocycles. The fourth-order valence-electron chi connectivity index (χ4n) is 3.56. The number of nitrogens with zero attached hydrogens (tertiary/aromatic N) is 4. The van der Waals surface area contributed by atoms with E-state index in [0.717, 1.165) is 16.8 Å². The van der Waals surface area contributed by atoms with Crippen LogP contribution in [0.5, 0.6) is 0 Å². The van der Waals surface area contributed by atoms with E-state index < -0.39 is 10.0 Å². The zero-order chi connectivity index (χ0) is 25.3. The summed E-state index contributed by atoms with van der Waals surface area (Å²) in [7, 11) is -3.86. The van der Waals surface area contributed by atoms with Gasteiger partial charge in [0.2, 0.25) is 5.95 Å². The van der Waals surface area contributed by atoms with Gasteiger partial charge in [-0.05, 0) is 88.2 Å². The number of hydrogen-bond donors (Lipinski definition) is 2. The zero-order valence-electron chi connectivity index (χ0n) is 20.1. The van der Waals surface area contributed by atoms with Crippen molar-refractivity contribution in [3.63, 3.8) is 0 Å². The van der Waals surface area contributed by atoms with Gasteiger partial charge in [-0.25, -0.2) is 27.8 Å². The number of aryl methyl sites for hydroxylation is 5. The lowest BCUT2D eigenvalue weighted by Crippen LogP contribution is -2.17. The molecule has 0 atom stereocenters. The van der Waals surface area contributed by atoms with Crippen molar-refractivity contribution >= 4 is 27.9 Å². The summed E-state index contributed by atoms with van der Waals surface area (Å²) < 4.78 is 29.3. The minimum atomic E-state index is -3.86. The summed E-state index contributed by atoms with van der Waals surface area (Å²) in [6.07, 6.45) is 1.48. The van der Waals surface area contributed by atoms with E-state index in [-0.39, 0.29) is 16.4 Å². The fourth-order valence-corrected chi connectivity index (χ4v) is 4.50. The van der Waals surface area contributed by atoms with E-state index in [9.17, 15) is 13.2 Å². The molecule has 9 nitrogen and oxygen atoms in total. The van der Waals surface area contributed by atoms with Crippen LogP contribution in [0.3, 0.4) is 0 Å². The molecule has 0 spiro atoms. The Labute approximate surface area is 203 Å². The molecular formula is C25H26N6O3S. The lowest BCUT2D eigenvalue weighted by molar-refractivity contribution is 0.601. The van der Waals surface area contributed by atoms with Gasteiger partial charge in [-0.15, -0.1) is 0 Å². The molecule has 0 aliphatic carbocycles. The molecule has 35 heavy (non-hydrogen) atoms. The highest BCUT2D eigenvalue weighted by molar-refractivity contribution is 7.92. The summed E-state index contributed by atoms with van der Waals surface area (Å²) >= 11 is 0. The van der Waals surface area contributed by atoms with Gasteiger partial charge in [0.15, 0.2) is 0 Å². The fraction of sp³-hybridized carbons (Fsp3) is 0.200. The minimum absolute atomic E-state index is 0.0209. The van der Waals surface area contributed by atoms with Crippen LogP contribution < -0.4 is 10.3 Å². The molecule has 2 heterocycles. The summed E-state index contributed by atoms with van der Waals surface area (Å²) in [6, 6.07) is 13.6. The second-order valence-electron chi connectivity index (χ2n) is 8.39. The molecule has 2 aromatic carbocycles. The van der Waals surface area contributed by atoms with Gasteiger partial charge in [0.25, 0.3) is 15.6 Å². The third-order valence-electron chi connectivity index (χ3n) is 5.56. The van der Waals surface area contributed by atoms with Crippen LogP contribution in [-0.4, -0.2) is 34.4 Å². The van der Waals surface area contributed by atoms with E-state index in [1.165, 1.54) is 23.0 Å². The van der Waals surface area contributed by atoms with E-state index in [2.05, 4.69) is 24.8 Å². The Morgan fingerprint density at radius 3 is 2.20 bits per heavy atom. The Kier molecular flexibility index (Phi) is 6.40. The second kappa shape index (κ2) is 9.30. The summed E-state index contributed by atoms with van der Waals surface area (Å²) in [5.74, 6) is 0.0209. The Hall–Kier alpha value is -4.05. The lowest BCUT2D eigenvalue weighted by atomic mass is 10.1. The molecule has 0 bridgehead atoms. The minimum Gasteiger partial charge on any atom is -0.295 e. The van der Waals surface area contributed by atoms with Crippen LogP contribution in [0.1, 0.15) is 33.8 Å². The number of hydrogen-bond acceptors (Lipinski definition) is 6. The van der Waals surface area contributed by atoms with Crippen LogP contribution in [-0.2, 0) is 10.0 Å². The average molecular weight is 491 g/mol.